The third kappa shape index (κ3) is 3.38. The molecule has 1 unspecified atom stereocenters. The van der Waals surface area contributed by atoms with E-state index in [1.54, 1.807) is 35.2 Å². The number of halogens is 2. The summed E-state index contributed by atoms with van der Waals surface area (Å²) in [7, 11) is 0. The Morgan fingerprint density at radius 2 is 1.90 bits per heavy atom. The lowest BCUT2D eigenvalue weighted by molar-refractivity contribution is -0.118. The van der Waals surface area contributed by atoms with Crippen molar-refractivity contribution in [1.29, 1.82) is 5.26 Å². The number of anilines is 1. The Morgan fingerprint density at radius 1 is 1.20 bits per heavy atom. The lowest BCUT2D eigenvalue weighted by Gasteiger charge is -2.43. The van der Waals surface area contributed by atoms with Gasteiger partial charge in [-0.2, -0.15) is 5.26 Å². The molecule has 152 valence electrons. The van der Waals surface area contributed by atoms with Gasteiger partial charge in [-0.05, 0) is 47.7 Å². The van der Waals surface area contributed by atoms with E-state index >= 15 is 0 Å². The quantitative estimate of drug-likeness (QED) is 0.702. The maximum atomic E-state index is 13.5. The Morgan fingerprint density at radius 3 is 2.53 bits per heavy atom. The van der Waals surface area contributed by atoms with Gasteiger partial charge in [0.15, 0.2) is 5.78 Å². The van der Waals surface area contributed by atoms with Crippen LogP contribution in [0.25, 0.3) is 0 Å². The van der Waals surface area contributed by atoms with E-state index < -0.39 is 5.92 Å². The summed E-state index contributed by atoms with van der Waals surface area (Å²) in [6.45, 7) is 4.08. The fourth-order valence-electron chi connectivity index (χ4n) is 4.41. The molecule has 4 rings (SSSR count). The fraction of sp³-hybridized carbons (Fsp3) is 0.250. The number of carbonyl (C=O) groups excluding carboxylic acids is 1. The minimum absolute atomic E-state index is 0.0251. The van der Waals surface area contributed by atoms with Crippen LogP contribution in [0.4, 0.5) is 10.1 Å². The van der Waals surface area contributed by atoms with Crippen LogP contribution in [-0.2, 0) is 4.79 Å². The molecule has 0 amide bonds. The molecule has 0 saturated carbocycles. The second kappa shape index (κ2) is 7.30. The first-order valence-electron chi connectivity index (χ1n) is 9.69. The first-order valence-corrected chi connectivity index (χ1v) is 10.1. The monoisotopic (exact) mass is 421 g/mol. The van der Waals surface area contributed by atoms with Crippen molar-refractivity contribution < 1.29 is 9.18 Å². The topological polar surface area (TPSA) is 70.1 Å². The minimum Gasteiger partial charge on any atom is -0.384 e. The Kier molecular flexibility index (Phi) is 4.91. The molecule has 30 heavy (non-hydrogen) atoms. The summed E-state index contributed by atoms with van der Waals surface area (Å²) in [5.74, 6) is -0.762. The van der Waals surface area contributed by atoms with Gasteiger partial charge in [0.05, 0.1) is 17.6 Å². The molecule has 0 fully saturated rings. The minimum atomic E-state index is -0.621. The van der Waals surface area contributed by atoms with E-state index in [4.69, 9.17) is 17.3 Å². The van der Waals surface area contributed by atoms with Gasteiger partial charge in [0.25, 0.3) is 0 Å². The molecule has 2 aliphatic rings. The molecule has 0 bridgehead atoms. The van der Waals surface area contributed by atoms with Gasteiger partial charge in [-0.25, -0.2) is 4.39 Å². The summed E-state index contributed by atoms with van der Waals surface area (Å²) < 4.78 is 13.5. The van der Waals surface area contributed by atoms with Gasteiger partial charge in [0, 0.05) is 28.4 Å². The molecule has 2 aromatic rings. The van der Waals surface area contributed by atoms with Crippen LogP contribution in [0.5, 0.6) is 0 Å². The van der Waals surface area contributed by atoms with E-state index in [0.717, 1.165) is 5.70 Å². The van der Waals surface area contributed by atoms with Crippen molar-refractivity contribution in [3.8, 4) is 6.07 Å². The normalized spacial score (nSPS) is 20.8. The van der Waals surface area contributed by atoms with Crippen LogP contribution in [0.1, 0.15) is 38.2 Å². The van der Waals surface area contributed by atoms with E-state index in [0.29, 0.717) is 34.7 Å². The number of allylic oxidation sites excluding steroid dienone is 3. The molecule has 1 heterocycles. The highest BCUT2D eigenvalue weighted by Crippen LogP contribution is 2.50. The van der Waals surface area contributed by atoms with E-state index in [2.05, 4.69) is 6.07 Å². The third-order valence-electron chi connectivity index (χ3n) is 5.65. The fourth-order valence-corrected chi connectivity index (χ4v) is 4.59. The third-order valence-corrected chi connectivity index (χ3v) is 5.89. The molecule has 0 spiro atoms. The first kappa shape index (κ1) is 20.2. The number of Topliss-reactive ketones (excluding diaryl/α,β-unsaturated/α-hetero) is 1. The highest BCUT2D eigenvalue weighted by Gasteiger charge is 2.44. The molecule has 1 atom stereocenters. The number of nitrogens with two attached hydrogens (primary N) is 1. The molecule has 1 aliphatic heterocycles. The maximum absolute atomic E-state index is 13.5. The van der Waals surface area contributed by atoms with Crippen molar-refractivity contribution in [2.45, 2.75) is 32.6 Å². The molecule has 4 nitrogen and oxygen atoms in total. The van der Waals surface area contributed by atoms with Crippen molar-refractivity contribution in [2.75, 3.05) is 4.90 Å². The van der Waals surface area contributed by atoms with Gasteiger partial charge in [0.2, 0.25) is 0 Å². The Bertz CT molecular complexity index is 1140. The lowest BCUT2D eigenvalue weighted by Crippen LogP contribution is -2.42. The van der Waals surface area contributed by atoms with Gasteiger partial charge < -0.3 is 5.73 Å². The molecule has 2 N–H and O–H groups in total. The number of rotatable bonds is 2. The number of benzene rings is 2. The van der Waals surface area contributed by atoms with Gasteiger partial charge in [-0.1, -0.05) is 43.6 Å². The standard InChI is InChI=1S/C24H21ClFN3O/c1-24(2)11-19-22(20(30)12-24)21(14-6-8-16(26)9-7-14)18(13-27)23(28)29(19)17-5-3-4-15(25)10-17/h3-10,21H,11-12,28H2,1-2H3. The summed E-state index contributed by atoms with van der Waals surface area (Å²) in [6, 6.07) is 15.3. The van der Waals surface area contributed by atoms with E-state index in [9.17, 15) is 14.4 Å². The second-order valence-corrected chi connectivity index (χ2v) is 8.95. The van der Waals surface area contributed by atoms with Crippen molar-refractivity contribution in [2.24, 2.45) is 11.1 Å². The highest BCUT2D eigenvalue weighted by molar-refractivity contribution is 6.30. The molecular weight excluding hydrogens is 401 g/mol. The van der Waals surface area contributed by atoms with E-state index in [1.807, 2.05) is 19.9 Å². The zero-order valence-electron chi connectivity index (χ0n) is 16.7. The van der Waals surface area contributed by atoms with Gasteiger partial charge >= 0.3 is 0 Å². The molecule has 0 aromatic heterocycles. The zero-order chi connectivity index (χ0) is 21.6. The predicted octanol–water partition coefficient (Wildman–Crippen LogP) is 5.42. The highest BCUT2D eigenvalue weighted by atomic mass is 35.5. The summed E-state index contributed by atoms with van der Waals surface area (Å²) >= 11 is 6.21. The summed E-state index contributed by atoms with van der Waals surface area (Å²) in [6.07, 6.45) is 0.975. The van der Waals surface area contributed by atoms with Crippen LogP contribution in [0, 0.1) is 22.6 Å². The average Bonchev–Trinajstić information content (AvgIpc) is 2.67. The SMILES string of the molecule is CC1(C)CC(=O)C2=C(C1)N(c1cccc(Cl)c1)C(N)=C(C#N)C2c1ccc(F)cc1. The van der Waals surface area contributed by atoms with Gasteiger partial charge in [-0.3, -0.25) is 9.69 Å². The smallest absolute Gasteiger partial charge is 0.162 e. The lowest BCUT2D eigenvalue weighted by atomic mass is 9.68. The molecular formula is C24H21ClFN3O. The Balaban J connectivity index is 2.00. The summed E-state index contributed by atoms with van der Waals surface area (Å²) in [5, 5.41) is 10.5. The Hall–Kier alpha value is -3.10. The predicted molar refractivity (Wildman–Crippen MR) is 115 cm³/mol. The van der Waals surface area contributed by atoms with Crippen molar-refractivity contribution in [1.82, 2.24) is 0 Å². The van der Waals surface area contributed by atoms with Crippen molar-refractivity contribution in [3.05, 3.63) is 87.6 Å². The number of ketones is 1. The van der Waals surface area contributed by atoms with Crippen molar-refractivity contribution >= 4 is 23.1 Å². The average molecular weight is 422 g/mol. The van der Waals surface area contributed by atoms with Crippen LogP contribution in [-0.4, -0.2) is 5.78 Å². The largest absolute Gasteiger partial charge is 0.384 e. The summed E-state index contributed by atoms with van der Waals surface area (Å²) in [4.78, 5) is 15.1. The molecule has 1 aliphatic carbocycles. The van der Waals surface area contributed by atoms with Crippen molar-refractivity contribution in [3.63, 3.8) is 0 Å². The number of hydrogen-bond donors (Lipinski definition) is 1. The maximum Gasteiger partial charge on any atom is 0.162 e. The number of nitrogens with zero attached hydrogens (tertiary/aromatic N) is 2. The van der Waals surface area contributed by atoms with Crippen LogP contribution in [0.3, 0.4) is 0 Å². The van der Waals surface area contributed by atoms with Crippen LogP contribution >= 0.6 is 11.6 Å². The van der Waals surface area contributed by atoms with Crippen LogP contribution < -0.4 is 10.6 Å². The molecule has 2 aromatic carbocycles. The van der Waals surface area contributed by atoms with Crippen LogP contribution in [0.15, 0.2) is 71.2 Å². The van der Waals surface area contributed by atoms with Gasteiger partial charge in [0.1, 0.15) is 11.6 Å². The van der Waals surface area contributed by atoms with Gasteiger partial charge in [-0.15, -0.1) is 0 Å². The molecule has 6 heteroatoms. The zero-order valence-corrected chi connectivity index (χ0v) is 17.5. The number of nitriles is 1. The summed E-state index contributed by atoms with van der Waals surface area (Å²) in [5.41, 5.74) is 9.23. The molecule has 0 saturated heterocycles. The number of hydrogen-bond acceptors (Lipinski definition) is 4. The first-order chi connectivity index (χ1) is 14.2. The van der Waals surface area contributed by atoms with E-state index in [1.165, 1.54) is 12.1 Å². The van der Waals surface area contributed by atoms with E-state index in [-0.39, 0.29) is 28.4 Å². The van der Waals surface area contributed by atoms with Crippen LogP contribution in [0.2, 0.25) is 5.02 Å². The second-order valence-electron chi connectivity index (χ2n) is 8.51. The Labute approximate surface area is 180 Å². The molecule has 0 radical (unpaired) electrons. The number of carbonyl (C=O) groups is 1.